The first kappa shape index (κ1) is 16.6. The van der Waals surface area contributed by atoms with E-state index < -0.39 is 0 Å². The molecule has 2 aromatic rings. The van der Waals surface area contributed by atoms with E-state index in [4.69, 9.17) is 6.42 Å². The van der Waals surface area contributed by atoms with Gasteiger partial charge in [0, 0.05) is 26.2 Å². The Hall–Kier alpha value is -2.87. The summed E-state index contributed by atoms with van der Waals surface area (Å²) in [6.07, 6.45) is 11.7. The minimum Gasteiger partial charge on any atom is -0.352 e. The predicted molar refractivity (Wildman–Crippen MR) is 101 cm³/mol. The lowest BCUT2D eigenvalue weighted by molar-refractivity contribution is -0.130. The molecule has 4 rings (SSSR count). The van der Waals surface area contributed by atoms with Crippen LogP contribution < -0.4 is 4.90 Å². The van der Waals surface area contributed by atoms with Gasteiger partial charge in [0.15, 0.2) is 0 Å². The smallest absolute Gasteiger partial charge is 0.227 e. The van der Waals surface area contributed by atoms with Crippen LogP contribution in [0.25, 0.3) is 0 Å². The number of carbonyl (C=O) groups is 1. The van der Waals surface area contributed by atoms with E-state index in [0.717, 1.165) is 30.4 Å². The van der Waals surface area contributed by atoms with Crippen LogP contribution in [0.2, 0.25) is 0 Å². The second kappa shape index (κ2) is 7.17. The van der Waals surface area contributed by atoms with Gasteiger partial charge >= 0.3 is 0 Å². The fourth-order valence-electron chi connectivity index (χ4n) is 3.35. The Kier molecular flexibility index (Phi) is 4.57. The molecule has 2 heterocycles. The van der Waals surface area contributed by atoms with Crippen LogP contribution in [-0.4, -0.2) is 47.0 Å². The van der Waals surface area contributed by atoms with E-state index in [0.29, 0.717) is 25.2 Å². The summed E-state index contributed by atoms with van der Waals surface area (Å²) in [5.41, 5.74) is 3.04. The average Bonchev–Trinajstić information content (AvgIpc) is 3.54. The molecule has 0 bridgehead atoms. The molecule has 2 aliphatic rings. The number of rotatable bonds is 4. The van der Waals surface area contributed by atoms with Gasteiger partial charge < -0.3 is 9.80 Å². The minimum atomic E-state index is 0.192. The van der Waals surface area contributed by atoms with Crippen LogP contribution in [0, 0.1) is 12.3 Å². The molecule has 0 atom stereocenters. The highest BCUT2D eigenvalue weighted by atomic mass is 16.2. The molecule has 26 heavy (non-hydrogen) atoms. The Balaban J connectivity index is 1.30. The molecular formula is C21H22N4O. The molecule has 132 valence electrons. The Morgan fingerprint density at radius 2 is 1.81 bits per heavy atom. The molecule has 1 amide bonds. The number of aromatic nitrogens is 2. The number of hydrogen-bond donors (Lipinski definition) is 0. The molecule has 0 radical (unpaired) electrons. The summed E-state index contributed by atoms with van der Waals surface area (Å²) in [5.74, 6) is 4.23. The van der Waals surface area contributed by atoms with Crippen molar-refractivity contribution >= 4 is 11.7 Å². The summed E-state index contributed by atoms with van der Waals surface area (Å²) in [4.78, 5) is 25.2. The van der Waals surface area contributed by atoms with Gasteiger partial charge in [0.25, 0.3) is 0 Å². The highest BCUT2D eigenvalue weighted by molar-refractivity contribution is 5.79. The van der Waals surface area contributed by atoms with Crippen LogP contribution in [0.15, 0.2) is 36.7 Å². The first-order valence-corrected chi connectivity index (χ1v) is 9.13. The van der Waals surface area contributed by atoms with Gasteiger partial charge in [0.05, 0.1) is 18.8 Å². The summed E-state index contributed by atoms with van der Waals surface area (Å²) in [7, 11) is 0. The highest BCUT2D eigenvalue weighted by Gasteiger charge is 2.24. The molecule has 1 aliphatic heterocycles. The molecular weight excluding hydrogens is 324 g/mol. The van der Waals surface area contributed by atoms with Crippen LogP contribution >= 0.6 is 0 Å². The van der Waals surface area contributed by atoms with Gasteiger partial charge in [0.1, 0.15) is 11.5 Å². The number of nitrogens with zero attached hydrogens (tertiary/aromatic N) is 4. The van der Waals surface area contributed by atoms with E-state index in [1.165, 1.54) is 18.4 Å². The quantitative estimate of drug-likeness (QED) is 0.797. The van der Waals surface area contributed by atoms with Crippen LogP contribution in [0.1, 0.15) is 35.6 Å². The molecule has 1 aliphatic carbocycles. The zero-order chi connectivity index (χ0) is 17.9. The summed E-state index contributed by atoms with van der Waals surface area (Å²) >= 11 is 0. The number of amides is 1. The third-order valence-electron chi connectivity index (χ3n) is 5.13. The second-order valence-corrected chi connectivity index (χ2v) is 6.96. The number of carbonyl (C=O) groups excluding carboxylic acids is 1. The van der Waals surface area contributed by atoms with Crippen molar-refractivity contribution in [3.05, 3.63) is 53.5 Å². The maximum atomic E-state index is 12.6. The third kappa shape index (κ3) is 3.70. The van der Waals surface area contributed by atoms with Gasteiger partial charge in [-0.05, 0) is 35.8 Å². The van der Waals surface area contributed by atoms with E-state index in [1.807, 2.05) is 4.90 Å². The topological polar surface area (TPSA) is 49.3 Å². The monoisotopic (exact) mass is 346 g/mol. The van der Waals surface area contributed by atoms with E-state index >= 15 is 0 Å². The Morgan fingerprint density at radius 1 is 1.08 bits per heavy atom. The number of hydrogen-bond acceptors (Lipinski definition) is 4. The summed E-state index contributed by atoms with van der Waals surface area (Å²) in [6.45, 7) is 2.93. The first-order chi connectivity index (χ1) is 12.7. The predicted octanol–water partition coefficient (Wildman–Crippen LogP) is 2.23. The number of piperazine rings is 1. The van der Waals surface area contributed by atoms with Gasteiger partial charge in [-0.3, -0.25) is 4.79 Å². The maximum Gasteiger partial charge on any atom is 0.227 e. The van der Waals surface area contributed by atoms with Crippen molar-refractivity contribution in [2.45, 2.75) is 25.2 Å². The van der Waals surface area contributed by atoms with Gasteiger partial charge in [-0.25, -0.2) is 9.97 Å². The third-order valence-corrected chi connectivity index (χ3v) is 5.13. The van der Waals surface area contributed by atoms with Crippen LogP contribution in [0.4, 0.5) is 5.82 Å². The van der Waals surface area contributed by atoms with Crippen molar-refractivity contribution in [1.82, 2.24) is 14.9 Å². The van der Waals surface area contributed by atoms with Gasteiger partial charge in [0.2, 0.25) is 5.91 Å². The maximum absolute atomic E-state index is 12.6. The lowest BCUT2D eigenvalue weighted by Gasteiger charge is -2.35. The minimum absolute atomic E-state index is 0.192. The Bertz CT molecular complexity index is 811. The molecule has 1 saturated heterocycles. The lowest BCUT2D eigenvalue weighted by atomic mass is 10.1. The molecule has 0 N–H and O–H groups in total. The zero-order valence-electron chi connectivity index (χ0n) is 14.8. The lowest BCUT2D eigenvalue weighted by Crippen LogP contribution is -2.49. The van der Waals surface area contributed by atoms with Gasteiger partial charge in [-0.15, -0.1) is 6.42 Å². The number of benzene rings is 1. The number of terminal acetylenes is 1. The second-order valence-electron chi connectivity index (χ2n) is 6.96. The largest absolute Gasteiger partial charge is 0.352 e. The normalized spacial score (nSPS) is 17.0. The van der Waals surface area contributed by atoms with Crippen molar-refractivity contribution in [2.24, 2.45) is 0 Å². The summed E-state index contributed by atoms with van der Waals surface area (Å²) < 4.78 is 0. The van der Waals surface area contributed by atoms with Gasteiger partial charge in [-0.2, -0.15) is 0 Å². The van der Waals surface area contributed by atoms with E-state index in [1.54, 1.807) is 12.4 Å². The molecule has 0 spiro atoms. The van der Waals surface area contributed by atoms with Gasteiger partial charge in [-0.1, -0.05) is 24.3 Å². The van der Waals surface area contributed by atoms with Crippen molar-refractivity contribution in [3.8, 4) is 12.3 Å². The SMILES string of the molecule is C#Cc1cnc(N2CCN(C(=O)Cc3ccc(C4CC4)cc3)CC2)cn1. The summed E-state index contributed by atoms with van der Waals surface area (Å²) in [6, 6.07) is 8.56. The van der Waals surface area contributed by atoms with Crippen molar-refractivity contribution in [2.75, 3.05) is 31.1 Å². The van der Waals surface area contributed by atoms with Crippen LogP contribution in [-0.2, 0) is 11.2 Å². The summed E-state index contributed by atoms with van der Waals surface area (Å²) in [5, 5.41) is 0. The molecule has 0 unspecified atom stereocenters. The van der Waals surface area contributed by atoms with E-state index in [2.05, 4.69) is 45.1 Å². The van der Waals surface area contributed by atoms with Crippen LogP contribution in [0.3, 0.4) is 0 Å². The van der Waals surface area contributed by atoms with E-state index in [-0.39, 0.29) is 5.91 Å². The van der Waals surface area contributed by atoms with Crippen molar-refractivity contribution in [1.29, 1.82) is 0 Å². The Labute approximate surface area is 154 Å². The Morgan fingerprint density at radius 3 is 2.38 bits per heavy atom. The molecule has 1 aromatic carbocycles. The van der Waals surface area contributed by atoms with E-state index in [9.17, 15) is 4.79 Å². The molecule has 1 aromatic heterocycles. The highest BCUT2D eigenvalue weighted by Crippen LogP contribution is 2.39. The molecule has 1 saturated carbocycles. The molecule has 5 heteroatoms. The first-order valence-electron chi connectivity index (χ1n) is 9.13. The average molecular weight is 346 g/mol. The fourth-order valence-corrected chi connectivity index (χ4v) is 3.35. The zero-order valence-corrected chi connectivity index (χ0v) is 14.8. The van der Waals surface area contributed by atoms with Crippen molar-refractivity contribution < 1.29 is 4.79 Å². The number of anilines is 1. The fraction of sp³-hybridized carbons (Fsp3) is 0.381. The molecule has 5 nitrogen and oxygen atoms in total. The van der Waals surface area contributed by atoms with Crippen LogP contribution in [0.5, 0.6) is 0 Å². The standard InChI is InChI=1S/C21H22N4O/c1-2-19-14-23-20(15-22-19)24-9-11-25(12-10-24)21(26)13-16-3-5-17(6-4-16)18-7-8-18/h1,3-6,14-15,18H,7-13H2. The van der Waals surface area contributed by atoms with Crippen molar-refractivity contribution in [3.63, 3.8) is 0 Å². The molecule has 2 fully saturated rings.